The Morgan fingerprint density at radius 3 is 2.19 bits per heavy atom. The van der Waals surface area contributed by atoms with E-state index in [1.54, 1.807) is 12.1 Å². The number of hydrogen-bond acceptors (Lipinski definition) is 4. The van der Waals surface area contributed by atoms with Crippen LogP contribution in [0.4, 0.5) is 24.5 Å². The lowest BCUT2D eigenvalue weighted by Crippen LogP contribution is -2.42. The van der Waals surface area contributed by atoms with Crippen LogP contribution >= 0.6 is 11.6 Å². The van der Waals surface area contributed by atoms with Gasteiger partial charge in [-0.25, -0.2) is 0 Å². The molecule has 0 radical (unpaired) electrons. The van der Waals surface area contributed by atoms with Gasteiger partial charge >= 0.3 is 6.36 Å². The third-order valence-electron chi connectivity index (χ3n) is 4.37. The van der Waals surface area contributed by atoms with E-state index in [1.807, 2.05) is 20.8 Å². The van der Waals surface area contributed by atoms with Gasteiger partial charge in [0.05, 0.1) is 17.1 Å². The number of benzene rings is 2. The van der Waals surface area contributed by atoms with Crippen molar-refractivity contribution in [3.05, 3.63) is 53.1 Å². The summed E-state index contributed by atoms with van der Waals surface area (Å²) in [4.78, 5) is 24.4. The third-order valence-corrected chi connectivity index (χ3v) is 4.69. The molecule has 0 aliphatic rings. The Hall–Kier alpha value is -2.94. The first-order chi connectivity index (χ1) is 14.4. The van der Waals surface area contributed by atoms with Crippen LogP contribution in [-0.4, -0.2) is 30.3 Å². The molecule has 2 aromatic rings. The standard InChI is InChI=1S/C21H23ClF3N3O3/c1-4-20(2,3)28-19(30)16-10-7-14(11-17(16)22)26-12-18(29)27-13-5-8-15(9-6-13)31-21(23,24)25/h5-11,26H,4,12H2,1-3H3,(H,27,29)(H,28,30). The smallest absolute Gasteiger partial charge is 0.406 e. The number of hydrogen-bond donors (Lipinski definition) is 3. The van der Waals surface area contributed by atoms with Crippen LogP contribution in [0.2, 0.25) is 5.02 Å². The normalized spacial score (nSPS) is 11.6. The molecule has 0 bridgehead atoms. The number of carbonyl (C=O) groups excluding carboxylic acids is 2. The molecule has 0 aliphatic carbocycles. The second-order valence-corrected chi connectivity index (χ2v) is 7.77. The van der Waals surface area contributed by atoms with Crippen LogP contribution in [0.1, 0.15) is 37.6 Å². The molecule has 0 fully saturated rings. The minimum atomic E-state index is -4.78. The van der Waals surface area contributed by atoms with E-state index in [-0.39, 0.29) is 28.8 Å². The maximum Gasteiger partial charge on any atom is 0.573 e. The molecule has 2 aromatic carbocycles. The number of anilines is 2. The maximum atomic E-state index is 12.4. The van der Waals surface area contributed by atoms with Gasteiger partial charge in [0.15, 0.2) is 0 Å². The first-order valence-electron chi connectivity index (χ1n) is 9.40. The lowest BCUT2D eigenvalue weighted by atomic mass is 10.0. The number of amides is 2. The van der Waals surface area contributed by atoms with E-state index in [2.05, 4.69) is 20.7 Å². The van der Waals surface area contributed by atoms with Gasteiger partial charge in [0.2, 0.25) is 5.91 Å². The molecule has 168 valence electrons. The van der Waals surface area contributed by atoms with Gasteiger partial charge in [-0.2, -0.15) is 0 Å². The van der Waals surface area contributed by atoms with Gasteiger partial charge < -0.3 is 20.7 Å². The van der Waals surface area contributed by atoms with Gasteiger partial charge in [0.1, 0.15) is 5.75 Å². The van der Waals surface area contributed by atoms with E-state index in [1.165, 1.54) is 18.2 Å². The molecule has 0 spiro atoms. The molecule has 31 heavy (non-hydrogen) atoms. The summed E-state index contributed by atoms with van der Waals surface area (Å²) in [5.74, 6) is -1.10. The lowest BCUT2D eigenvalue weighted by molar-refractivity contribution is -0.274. The van der Waals surface area contributed by atoms with Gasteiger partial charge in [0, 0.05) is 16.9 Å². The largest absolute Gasteiger partial charge is 0.573 e. The molecular weight excluding hydrogens is 435 g/mol. The molecule has 10 heteroatoms. The number of alkyl halides is 3. The monoisotopic (exact) mass is 457 g/mol. The maximum absolute atomic E-state index is 12.4. The first-order valence-corrected chi connectivity index (χ1v) is 9.78. The topological polar surface area (TPSA) is 79.5 Å². The van der Waals surface area contributed by atoms with Gasteiger partial charge in [-0.1, -0.05) is 18.5 Å². The molecule has 0 aliphatic heterocycles. The quantitative estimate of drug-likeness (QED) is 0.508. The van der Waals surface area contributed by atoms with Crippen LogP contribution in [0.25, 0.3) is 0 Å². The highest BCUT2D eigenvalue weighted by Crippen LogP contribution is 2.24. The average Bonchev–Trinajstić information content (AvgIpc) is 2.66. The van der Waals surface area contributed by atoms with Crippen LogP contribution in [0.5, 0.6) is 5.75 Å². The molecule has 0 heterocycles. The van der Waals surface area contributed by atoms with Crippen molar-refractivity contribution in [2.75, 3.05) is 17.2 Å². The zero-order valence-electron chi connectivity index (χ0n) is 17.2. The molecule has 2 rings (SSSR count). The summed E-state index contributed by atoms with van der Waals surface area (Å²) in [6, 6.07) is 9.49. The van der Waals surface area contributed by atoms with Gasteiger partial charge in [0.25, 0.3) is 5.91 Å². The number of rotatable bonds is 8. The fourth-order valence-electron chi connectivity index (χ4n) is 2.40. The van der Waals surface area contributed by atoms with Crippen LogP contribution in [0.15, 0.2) is 42.5 Å². The molecule has 6 nitrogen and oxygen atoms in total. The first kappa shape index (κ1) is 24.3. The highest BCUT2D eigenvalue weighted by molar-refractivity contribution is 6.34. The van der Waals surface area contributed by atoms with E-state index in [0.717, 1.165) is 18.6 Å². The molecule has 0 saturated carbocycles. The fourth-order valence-corrected chi connectivity index (χ4v) is 2.67. The zero-order chi connectivity index (χ0) is 23.2. The number of nitrogens with one attached hydrogen (secondary N) is 3. The van der Waals surface area contributed by atoms with Crippen LogP contribution < -0.4 is 20.7 Å². The molecule has 0 unspecified atom stereocenters. The van der Waals surface area contributed by atoms with E-state index in [9.17, 15) is 22.8 Å². The van der Waals surface area contributed by atoms with Crippen LogP contribution in [0, 0.1) is 0 Å². The summed E-state index contributed by atoms with van der Waals surface area (Å²) >= 11 is 6.21. The summed E-state index contributed by atoms with van der Waals surface area (Å²) in [6.45, 7) is 5.66. The Kier molecular flexibility index (Phi) is 7.78. The molecule has 2 amide bonds. The van der Waals surface area contributed by atoms with Gasteiger partial charge in [-0.15, -0.1) is 13.2 Å². The molecule has 3 N–H and O–H groups in total. The molecule has 0 saturated heterocycles. The molecular formula is C21H23ClF3N3O3. The Bertz CT molecular complexity index is 932. The van der Waals surface area contributed by atoms with Crippen LogP contribution in [0.3, 0.4) is 0 Å². The van der Waals surface area contributed by atoms with E-state index < -0.39 is 12.3 Å². The van der Waals surface area contributed by atoms with Crippen molar-refractivity contribution >= 4 is 34.8 Å². The Balaban J connectivity index is 1.90. The second-order valence-electron chi connectivity index (χ2n) is 7.36. The Morgan fingerprint density at radius 2 is 1.65 bits per heavy atom. The van der Waals surface area contributed by atoms with Crippen molar-refractivity contribution in [1.29, 1.82) is 0 Å². The lowest BCUT2D eigenvalue weighted by Gasteiger charge is -2.24. The highest BCUT2D eigenvalue weighted by atomic mass is 35.5. The molecule has 0 aromatic heterocycles. The highest BCUT2D eigenvalue weighted by Gasteiger charge is 2.31. The van der Waals surface area contributed by atoms with Crippen molar-refractivity contribution < 1.29 is 27.5 Å². The zero-order valence-corrected chi connectivity index (χ0v) is 17.9. The van der Waals surface area contributed by atoms with Crippen molar-refractivity contribution in [2.24, 2.45) is 0 Å². The Labute approximate surface area is 183 Å². The van der Waals surface area contributed by atoms with Gasteiger partial charge in [-0.3, -0.25) is 9.59 Å². The number of halogens is 4. The predicted octanol–water partition coefficient (Wildman–Crippen LogP) is 5.21. The van der Waals surface area contributed by atoms with Crippen molar-refractivity contribution in [1.82, 2.24) is 5.32 Å². The van der Waals surface area contributed by atoms with Gasteiger partial charge in [-0.05, 0) is 62.7 Å². The van der Waals surface area contributed by atoms with E-state index in [0.29, 0.717) is 16.9 Å². The summed E-state index contributed by atoms with van der Waals surface area (Å²) in [6.07, 6.45) is -4.03. The third kappa shape index (κ3) is 8.01. The minimum Gasteiger partial charge on any atom is -0.406 e. The minimum absolute atomic E-state index is 0.120. The number of ether oxygens (including phenoxy) is 1. The van der Waals surface area contributed by atoms with Crippen molar-refractivity contribution in [3.63, 3.8) is 0 Å². The average molecular weight is 458 g/mol. The second kappa shape index (κ2) is 9.91. The van der Waals surface area contributed by atoms with E-state index in [4.69, 9.17) is 11.6 Å². The SMILES string of the molecule is CCC(C)(C)NC(=O)c1ccc(NCC(=O)Nc2ccc(OC(F)(F)F)cc2)cc1Cl. The Morgan fingerprint density at radius 1 is 1.03 bits per heavy atom. The van der Waals surface area contributed by atoms with Crippen LogP contribution in [-0.2, 0) is 4.79 Å². The predicted molar refractivity (Wildman–Crippen MR) is 114 cm³/mol. The summed E-state index contributed by atoms with van der Waals surface area (Å²) in [5.41, 5.74) is 0.789. The van der Waals surface area contributed by atoms with Crippen molar-refractivity contribution in [3.8, 4) is 5.75 Å². The summed E-state index contributed by atoms with van der Waals surface area (Å²) in [5, 5.41) is 8.54. The summed E-state index contributed by atoms with van der Waals surface area (Å²) < 4.78 is 40.3. The van der Waals surface area contributed by atoms with Crippen molar-refractivity contribution in [2.45, 2.75) is 39.1 Å². The number of carbonyl (C=O) groups is 2. The fraction of sp³-hybridized carbons (Fsp3) is 0.333. The van der Waals surface area contributed by atoms with E-state index >= 15 is 0 Å². The summed E-state index contributed by atoms with van der Waals surface area (Å²) in [7, 11) is 0. The molecule has 0 atom stereocenters.